The number of nitrogens with one attached hydrogen (secondary N) is 1. The zero-order chi connectivity index (χ0) is 19.5. The van der Waals surface area contributed by atoms with E-state index in [1.807, 2.05) is 26.2 Å². The minimum absolute atomic E-state index is 0.0454. The highest BCUT2D eigenvalue weighted by Crippen LogP contribution is 2.54. The van der Waals surface area contributed by atoms with Gasteiger partial charge in [-0.1, -0.05) is 5.16 Å². The van der Waals surface area contributed by atoms with Crippen LogP contribution in [0.2, 0.25) is 0 Å². The number of aromatic nitrogens is 2. The Balaban J connectivity index is 1.26. The summed E-state index contributed by atoms with van der Waals surface area (Å²) in [4.78, 5) is 19.2. The maximum absolute atomic E-state index is 12.4. The number of carbonyl (C=O) groups excluding carboxylic acids is 1. The number of hydrogen-bond donors (Lipinski definition) is 1. The Hall–Kier alpha value is -1.77. The van der Waals surface area contributed by atoms with E-state index >= 15 is 0 Å². The van der Waals surface area contributed by atoms with Gasteiger partial charge in [-0.3, -0.25) is 9.69 Å². The topological polar surface area (TPSA) is 80.5 Å². The second-order valence-electron chi connectivity index (χ2n) is 8.46. The van der Waals surface area contributed by atoms with Crippen molar-refractivity contribution in [1.29, 1.82) is 0 Å². The van der Waals surface area contributed by atoms with E-state index in [4.69, 9.17) is 9.26 Å². The molecular formula is C20H26N4O3S. The summed E-state index contributed by atoms with van der Waals surface area (Å²) in [6, 6.07) is 0. The van der Waals surface area contributed by atoms with Crippen LogP contribution in [0.3, 0.4) is 0 Å². The zero-order valence-electron chi connectivity index (χ0n) is 16.5. The van der Waals surface area contributed by atoms with Crippen LogP contribution in [0.1, 0.15) is 45.4 Å². The summed E-state index contributed by atoms with van der Waals surface area (Å²) in [6.45, 7) is 9.36. The van der Waals surface area contributed by atoms with Gasteiger partial charge in [-0.25, -0.2) is 4.98 Å². The van der Waals surface area contributed by atoms with E-state index in [9.17, 15) is 4.79 Å². The average Bonchev–Trinajstić information content (AvgIpc) is 3.45. The minimum atomic E-state index is -0.0771. The molecule has 0 aliphatic carbocycles. The van der Waals surface area contributed by atoms with Crippen molar-refractivity contribution in [1.82, 2.24) is 20.4 Å². The smallest absolute Gasteiger partial charge is 0.270 e. The van der Waals surface area contributed by atoms with Gasteiger partial charge in [-0.15, -0.1) is 11.3 Å². The molecule has 28 heavy (non-hydrogen) atoms. The Morgan fingerprint density at radius 3 is 3.00 bits per heavy atom. The average molecular weight is 403 g/mol. The molecule has 7 nitrogen and oxygen atoms in total. The summed E-state index contributed by atoms with van der Waals surface area (Å²) < 4.78 is 11.8. The fourth-order valence-electron chi connectivity index (χ4n) is 5.40. The van der Waals surface area contributed by atoms with Gasteiger partial charge in [0.05, 0.1) is 22.4 Å². The van der Waals surface area contributed by atoms with Crippen LogP contribution in [0.4, 0.5) is 0 Å². The molecule has 1 amide bonds. The van der Waals surface area contributed by atoms with Crippen molar-refractivity contribution in [3.05, 3.63) is 33.1 Å². The number of nitrogens with zero attached hydrogens (tertiary/aromatic N) is 3. The summed E-state index contributed by atoms with van der Waals surface area (Å²) in [7, 11) is 0. The first-order valence-electron chi connectivity index (χ1n) is 9.97. The molecule has 2 aromatic heterocycles. The van der Waals surface area contributed by atoms with Crippen LogP contribution in [-0.2, 0) is 11.3 Å². The summed E-state index contributed by atoms with van der Waals surface area (Å²) >= 11 is 1.51. The number of ether oxygens (including phenoxy) is 1. The standard InChI is InChI=1S/C20H26N4O3S/c1-11-15(12(2)27-23-11)7-24-8-16-14(18-4-5-20(16,10-24)26-18)6-21-19(25)17-9-28-13(3)22-17/h9,14,16,18H,4-8,10H2,1-3H3,(H,21,25)/t14-,16+,18+,20+/m0/s1. The molecule has 3 aliphatic rings. The first kappa shape index (κ1) is 18.3. The molecule has 150 valence electrons. The highest BCUT2D eigenvalue weighted by atomic mass is 32.1. The molecule has 4 atom stereocenters. The third-order valence-corrected chi connectivity index (χ3v) is 7.54. The predicted octanol–water partition coefficient (Wildman–Crippen LogP) is 2.47. The lowest BCUT2D eigenvalue weighted by Crippen LogP contribution is -2.42. The van der Waals surface area contributed by atoms with E-state index in [0.29, 0.717) is 24.1 Å². The Morgan fingerprint density at radius 1 is 1.43 bits per heavy atom. The molecule has 2 bridgehead atoms. The zero-order valence-corrected chi connectivity index (χ0v) is 17.3. The van der Waals surface area contributed by atoms with Crippen LogP contribution in [-0.4, -0.2) is 52.3 Å². The van der Waals surface area contributed by atoms with Gasteiger partial charge in [0.15, 0.2) is 0 Å². The summed E-state index contributed by atoms with van der Waals surface area (Å²) in [5.41, 5.74) is 2.64. The van der Waals surface area contributed by atoms with Crippen LogP contribution in [0.25, 0.3) is 0 Å². The van der Waals surface area contributed by atoms with Crippen LogP contribution in [0, 0.1) is 32.6 Å². The lowest BCUT2D eigenvalue weighted by molar-refractivity contribution is 0.00207. The highest BCUT2D eigenvalue weighted by Gasteiger charge is 2.62. The molecule has 0 radical (unpaired) electrons. The van der Waals surface area contributed by atoms with Crippen LogP contribution in [0.5, 0.6) is 0 Å². The summed E-state index contributed by atoms with van der Waals surface area (Å²) in [5, 5.41) is 9.93. The fourth-order valence-corrected chi connectivity index (χ4v) is 5.99. The minimum Gasteiger partial charge on any atom is -0.370 e. The molecule has 3 fully saturated rings. The fraction of sp³-hybridized carbons (Fsp3) is 0.650. The third kappa shape index (κ3) is 2.89. The van der Waals surface area contributed by atoms with Gasteiger partial charge in [0.25, 0.3) is 5.91 Å². The van der Waals surface area contributed by atoms with E-state index in [0.717, 1.165) is 48.9 Å². The second-order valence-corrected chi connectivity index (χ2v) is 9.53. The molecule has 3 aliphatic heterocycles. The maximum atomic E-state index is 12.4. The monoisotopic (exact) mass is 402 g/mol. The molecule has 2 aromatic rings. The number of rotatable bonds is 5. The third-order valence-electron chi connectivity index (χ3n) is 6.77. The van der Waals surface area contributed by atoms with Gasteiger partial charge < -0.3 is 14.6 Å². The van der Waals surface area contributed by atoms with Crippen molar-refractivity contribution >= 4 is 17.2 Å². The number of fused-ring (bicyclic) bond motifs is 1. The van der Waals surface area contributed by atoms with Crippen molar-refractivity contribution < 1.29 is 14.1 Å². The van der Waals surface area contributed by atoms with E-state index in [1.54, 1.807) is 0 Å². The van der Waals surface area contributed by atoms with Crippen molar-refractivity contribution in [3.63, 3.8) is 0 Å². The molecule has 0 saturated carbocycles. The van der Waals surface area contributed by atoms with Crippen LogP contribution < -0.4 is 5.32 Å². The predicted molar refractivity (Wildman–Crippen MR) is 104 cm³/mol. The van der Waals surface area contributed by atoms with Crippen molar-refractivity contribution in [2.45, 2.75) is 51.9 Å². The Bertz CT molecular complexity index is 890. The van der Waals surface area contributed by atoms with Gasteiger partial charge in [0, 0.05) is 49.0 Å². The molecule has 1 spiro atoms. The molecule has 0 aromatic carbocycles. The van der Waals surface area contributed by atoms with E-state index in [1.165, 1.54) is 16.9 Å². The number of carbonyl (C=O) groups is 1. The highest BCUT2D eigenvalue weighted by molar-refractivity contribution is 7.09. The van der Waals surface area contributed by atoms with Crippen molar-refractivity contribution in [3.8, 4) is 0 Å². The summed E-state index contributed by atoms with van der Waals surface area (Å²) in [6.07, 6.45) is 2.48. The quantitative estimate of drug-likeness (QED) is 0.828. The SMILES string of the molecule is Cc1nc(C(=O)NC[C@H]2[C@H]3CN(Cc4c(C)noc4C)C[C@]34CC[C@H]2O4)cs1. The van der Waals surface area contributed by atoms with E-state index < -0.39 is 0 Å². The number of amides is 1. The van der Waals surface area contributed by atoms with Gasteiger partial charge in [-0.2, -0.15) is 0 Å². The number of hydrogen-bond acceptors (Lipinski definition) is 7. The number of likely N-dealkylation sites (tertiary alicyclic amines) is 1. The summed E-state index contributed by atoms with van der Waals surface area (Å²) in [5.74, 6) is 1.66. The normalized spacial score (nSPS) is 31.5. The van der Waals surface area contributed by atoms with Crippen LogP contribution in [0.15, 0.2) is 9.90 Å². The lowest BCUT2D eigenvalue weighted by Gasteiger charge is -2.29. The Kier molecular flexibility index (Phi) is 4.33. The number of aryl methyl sites for hydroxylation is 3. The maximum Gasteiger partial charge on any atom is 0.270 e. The first-order valence-corrected chi connectivity index (χ1v) is 10.9. The molecule has 3 saturated heterocycles. The largest absolute Gasteiger partial charge is 0.370 e. The van der Waals surface area contributed by atoms with Crippen LogP contribution >= 0.6 is 11.3 Å². The Labute approximate surface area is 168 Å². The molecular weight excluding hydrogens is 376 g/mol. The molecule has 8 heteroatoms. The van der Waals surface area contributed by atoms with Gasteiger partial charge >= 0.3 is 0 Å². The van der Waals surface area contributed by atoms with Gasteiger partial charge in [0.1, 0.15) is 11.5 Å². The molecule has 5 heterocycles. The second kappa shape index (κ2) is 6.64. The lowest BCUT2D eigenvalue weighted by atomic mass is 9.73. The number of thiazole rings is 1. The van der Waals surface area contributed by atoms with E-state index in [2.05, 4.69) is 20.4 Å². The van der Waals surface area contributed by atoms with E-state index in [-0.39, 0.29) is 17.6 Å². The van der Waals surface area contributed by atoms with Crippen molar-refractivity contribution in [2.24, 2.45) is 11.8 Å². The van der Waals surface area contributed by atoms with Crippen molar-refractivity contribution in [2.75, 3.05) is 19.6 Å². The Morgan fingerprint density at radius 2 is 2.29 bits per heavy atom. The molecule has 5 rings (SSSR count). The van der Waals surface area contributed by atoms with Gasteiger partial charge in [-0.05, 0) is 33.6 Å². The molecule has 0 unspecified atom stereocenters. The van der Waals surface area contributed by atoms with Gasteiger partial charge in [0.2, 0.25) is 0 Å². The first-order chi connectivity index (χ1) is 13.4. The molecule has 1 N–H and O–H groups in total.